The molecule has 2 aromatic carbocycles. The van der Waals surface area contributed by atoms with Gasteiger partial charge in [0.05, 0.1) is 6.42 Å². The molecule has 0 spiro atoms. The van der Waals surface area contributed by atoms with Crippen molar-refractivity contribution in [2.75, 3.05) is 0 Å². The monoisotopic (exact) mass is 380 g/mol. The van der Waals surface area contributed by atoms with Crippen LogP contribution in [0, 0.1) is 0 Å². The minimum absolute atomic E-state index is 0.0849. The van der Waals surface area contributed by atoms with Crippen molar-refractivity contribution in [1.29, 1.82) is 0 Å². The molecule has 0 aliphatic carbocycles. The predicted octanol–water partition coefficient (Wildman–Crippen LogP) is 2.43. The third-order valence-electron chi connectivity index (χ3n) is 4.89. The smallest absolute Gasteiger partial charge is 0.331 e. The highest BCUT2D eigenvalue weighted by molar-refractivity contribution is 5.87. The molecule has 2 heterocycles. The van der Waals surface area contributed by atoms with Crippen molar-refractivity contribution in [2.24, 2.45) is 0 Å². The number of esters is 2. The van der Waals surface area contributed by atoms with Gasteiger partial charge in [0.25, 0.3) is 0 Å². The van der Waals surface area contributed by atoms with Crippen molar-refractivity contribution in [3.63, 3.8) is 0 Å². The number of aliphatic hydroxyl groups excluding tert-OH is 1. The minimum Gasteiger partial charge on any atom is -0.457 e. The molecule has 2 aliphatic rings. The third kappa shape index (κ3) is 3.83. The van der Waals surface area contributed by atoms with E-state index >= 15 is 0 Å². The minimum atomic E-state index is -1.08. The number of aliphatic hydroxyl groups is 1. The van der Waals surface area contributed by atoms with Crippen LogP contribution in [0.2, 0.25) is 0 Å². The lowest BCUT2D eigenvalue weighted by atomic mass is 9.98. The number of benzene rings is 2. The van der Waals surface area contributed by atoms with E-state index in [9.17, 15) is 14.7 Å². The largest absolute Gasteiger partial charge is 0.457 e. The molecule has 0 unspecified atom stereocenters. The number of rotatable bonds is 5. The molecule has 2 aliphatic heterocycles. The highest BCUT2D eigenvalue weighted by Gasteiger charge is 2.54. The summed E-state index contributed by atoms with van der Waals surface area (Å²) in [5, 5.41) is 10.6. The van der Waals surface area contributed by atoms with Crippen LogP contribution in [0.5, 0.6) is 0 Å². The van der Waals surface area contributed by atoms with Crippen LogP contribution in [0.25, 0.3) is 6.08 Å². The van der Waals surface area contributed by atoms with Crippen LogP contribution >= 0.6 is 0 Å². The molecule has 2 aromatic rings. The lowest BCUT2D eigenvalue weighted by Crippen LogP contribution is -2.37. The van der Waals surface area contributed by atoms with Gasteiger partial charge >= 0.3 is 11.9 Å². The fraction of sp³-hybridized carbons (Fsp3) is 0.273. The van der Waals surface area contributed by atoms with Crippen molar-refractivity contribution in [2.45, 2.75) is 36.9 Å². The van der Waals surface area contributed by atoms with E-state index in [1.54, 1.807) is 18.2 Å². The molecule has 6 nitrogen and oxygen atoms in total. The number of ether oxygens (including phenoxy) is 3. The van der Waals surface area contributed by atoms with E-state index in [0.29, 0.717) is 5.56 Å². The Morgan fingerprint density at radius 1 is 1.11 bits per heavy atom. The zero-order valence-corrected chi connectivity index (χ0v) is 15.0. The Hall–Kier alpha value is -2.96. The summed E-state index contributed by atoms with van der Waals surface area (Å²) in [6.45, 7) is 0. The molecule has 6 heteroatoms. The average molecular weight is 380 g/mol. The molecule has 5 atom stereocenters. The molecule has 0 amide bonds. The number of carbonyl (C=O) groups is 2. The van der Waals surface area contributed by atoms with E-state index in [1.165, 1.54) is 6.08 Å². The standard InChI is InChI=1S/C22H20O6/c23-17(12-11-14-7-3-1-4-8-14)27-20(15-9-5-2-6-10-15)22-19(25)21-16(26-22)13-18(24)28-21/h1-12,16,19-22,25H,13H2/b12-11+/t16-,19-,20+,21+,22+/m1/s1. The summed E-state index contributed by atoms with van der Waals surface area (Å²) in [4.78, 5) is 23.9. The SMILES string of the molecule is O=C(/C=C/c1ccccc1)O[C@@H](c1ccccc1)[C@H]1O[C@@H]2CC(=O)O[C@@H]2[C@H]1O. The van der Waals surface area contributed by atoms with E-state index in [1.807, 2.05) is 48.5 Å². The van der Waals surface area contributed by atoms with Gasteiger partial charge in [-0.25, -0.2) is 4.79 Å². The van der Waals surface area contributed by atoms with Crippen LogP contribution < -0.4 is 0 Å². The number of carbonyl (C=O) groups excluding carboxylic acids is 2. The van der Waals surface area contributed by atoms with Crippen molar-refractivity contribution in [3.8, 4) is 0 Å². The molecule has 0 aromatic heterocycles. The summed E-state index contributed by atoms with van der Waals surface area (Å²) in [6, 6.07) is 18.5. The fourth-order valence-corrected chi connectivity index (χ4v) is 3.55. The summed E-state index contributed by atoms with van der Waals surface area (Å²) in [5.74, 6) is -0.950. The first kappa shape index (κ1) is 18.4. The van der Waals surface area contributed by atoms with Crippen LogP contribution in [0.4, 0.5) is 0 Å². The predicted molar refractivity (Wildman–Crippen MR) is 99.9 cm³/mol. The molecular weight excluding hydrogens is 360 g/mol. The van der Waals surface area contributed by atoms with Gasteiger partial charge in [0.15, 0.2) is 12.2 Å². The van der Waals surface area contributed by atoms with Crippen LogP contribution in [-0.2, 0) is 23.8 Å². The van der Waals surface area contributed by atoms with E-state index < -0.39 is 42.5 Å². The van der Waals surface area contributed by atoms with Crippen molar-refractivity contribution < 1.29 is 28.9 Å². The maximum Gasteiger partial charge on any atom is 0.331 e. The maximum absolute atomic E-state index is 12.4. The van der Waals surface area contributed by atoms with E-state index in [0.717, 1.165) is 5.56 Å². The van der Waals surface area contributed by atoms with Gasteiger partial charge in [-0.05, 0) is 17.2 Å². The molecule has 0 radical (unpaired) electrons. The zero-order chi connectivity index (χ0) is 19.5. The summed E-state index contributed by atoms with van der Waals surface area (Å²) >= 11 is 0. The van der Waals surface area contributed by atoms with Crippen LogP contribution in [-0.4, -0.2) is 41.5 Å². The molecule has 0 bridgehead atoms. The van der Waals surface area contributed by atoms with Gasteiger partial charge in [-0.2, -0.15) is 0 Å². The molecule has 28 heavy (non-hydrogen) atoms. The van der Waals surface area contributed by atoms with E-state index in [4.69, 9.17) is 14.2 Å². The quantitative estimate of drug-likeness (QED) is 0.634. The van der Waals surface area contributed by atoms with Gasteiger partial charge in [0.2, 0.25) is 0 Å². The second kappa shape index (κ2) is 7.96. The highest BCUT2D eigenvalue weighted by atomic mass is 16.6. The number of hydrogen-bond acceptors (Lipinski definition) is 6. The first-order valence-corrected chi connectivity index (χ1v) is 9.13. The van der Waals surface area contributed by atoms with Crippen molar-refractivity contribution >= 4 is 18.0 Å². The molecule has 144 valence electrons. The Kier molecular flexibility index (Phi) is 5.23. The second-order valence-electron chi connectivity index (χ2n) is 6.80. The van der Waals surface area contributed by atoms with Gasteiger partial charge in [-0.1, -0.05) is 60.7 Å². The fourth-order valence-electron chi connectivity index (χ4n) is 3.55. The summed E-state index contributed by atoms with van der Waals surface area (Å²) in [6.07, 6.45) is -0.901. The summed E-state index contributed by atoms with van der Waals surface area (Å²) in [5.41, 5.74) is 1.56. The van der Waals surface area contributed by atoms with Crippen LogP contribution in [0.1, 0.15) is 23.7 Å². The van der Waals surface area contributed by atoms with Crippen LogP contribution in [0.15, 0.2) is 66.7 Å². The summed E-state index contributed by atoms with van der Waals surface area (Å²) < 4.78 is 16.7. The Morgan fingerprint density at radius 2 is 1.79 bits per heavy atom. The highest BCUT2D eigenvalue weighted by Crippen LogP contribution is 2.38. The van der Waals surface area contributed by atoms with Gasteiger partial charge in [0.1, 0.15) is 18.3 Å². The summed E-state index contributed by atoms with van der Waals surface area (Å²) in [7, 11) is 0. The van der Waals surface area contributed by atoms with Gasteiger partial charge in [-0.15, -0.1) is 0 Å². The Balaban J connectivity index is 1.53. The number of fused-ring (bicyclic) bond motifs is 1. The first-order chi connectivity index (χ1) is 13.6. The van der Waals surface area contributed by atoms with Gasteiger partial charge in [0, 0.05) is 6.08 Å². The lowest BCUT2D eigenvalue weighted by molar-refractivity contribution is -0.159. The van der Waals surface area contributed by atoms with Crippen molar-refractivity contribution in [3.05, 3.63) is 77.9 Å². The normalized spacial score (nSPS) is 27.4. The second-order valence-corrected chi connectivity index (χ2v) is 6.80. The lowest BCUT2D eigenvalue weighted by Gasteiger charge is -2.26. The molecule has 4 rings (SSSR count). The van der Waals surface area contributed by atoms with E-state index in [2.05, 4.69) is 0 Å². The Labute approximate surface area is 162 Å². The van der Waals surface area contributed by atoms with E-state index in [-0.39, 0.29) is 6.42 Å². The van der Waals surface area contributed by atoms with Crippen molar-refractivity contribution in [1.82, 2.24) is 0 Å². The topological polar surface area (TPSA) is 82.1 Å². The zero-order valence-electron chi connectivity index (χ0n) is 15.0. The Bertz CT molecular complexity index is 863. The average Bonchev–Trinajstić information content (AvgIpc) is 3.23. The van der Waals surface area contributed by atoms with Gasteiger partial charge < -0.3 is 19.3 Å². The third-order valence-corrected chi connectivity index (χ3v) is 4.89. The van der Waals surface area contributed by atoms with Gasteiger partial charge in [-0.3, -0.25) is 4.79 Å². The molecule has 2 fully saturated rings. The first-order valence-electron chi connectivity index (χ1n) is 9.13. The number of hydrogen-bond donors (Lipinski definition) is 1. The molecule has 0 saturated carbocycles. The molecule has 2 saturated heterocycles. The van der Waals surface area contributed by atoms with Crippen LogP contribution in [0.3, 0.4) is 0 Å². The Morgan fingerprint density at radius 3 is 2.46 bits per heavy atom. The molecular formula is C22H20O6. The molecule has 1 N–H and O–H groups in total. The maximum atomic E-state index is 12.4.